The SMILES string of the molecule is O=C(O)CCCc1cscn1. The summed E-state index contributed by atoms with van der Waals surface area (Å²) in [6, 6.07) is 0. The summed E-state index contributed by atoms with van der Waals surface area (Å²) in [4.78, 5) is 14.1. The van der Waals surface area contributed by atoms with E-state index < -0.39 is 5.97 Å². The van der Waals surface area contributed by atoms with Gasteiger partial charge < -0.3 is 5.11 Å². The summed E-state index contributed by atoms with van der Waals surface area (Å²) in [6.07, 6.45) is 1.69. The maximum absolute atomic E-state index is 10.1. The number of nitrogens with zero attached hydrogens (tertiary/aromatic N) is 1. The molecular formula is C7H9NO2S. The van der Waals surface area contributed by atoms with E-state index in [4.69, 9.17) is 5.11 Å². The molecule has 0 saturated carbocycles. The Balaban J connectivity index is 2.19. The number of aromatic nitrogens is 1. The summed E-state index contributed by atoms with van der Waals surface area (Å²) in [5.41, 5.74) is 2.76. The molecule has 4 heteroatoms. The molecule has 0 aliphatic heterocycles. The van der Waals surface area contributed by atoms with Crippen LogP contribution in [-0.4, -0.2) is 16.1 Å². The van der Waals surface area contributed by atoms with Crippen molar-refractivity contribution in [2.45, 2.75) is 19.3 Å². The molecule has 0 radical (unpaired) electrons. The fourth-order valence-corrected chi connectivity index (χ4v) is 1.37. The molecule has 0 aliphatic rings. The Morgan fingerprint density at radius 3 is 3.09 bits per heavy atom. The van der Waals surface area contributed by atoms with Gasteiger partial charge in [0.1, 0.15) is 0 Å². The van der Waals surface area contributed by atoms with Crippen molar-refractivity contribution in [1.29, 1.82) is 0 Å². The number of hydrogen-bond donors (Lipinski definition) is 1. The minimum atomic E-state index is -0.736. The Labute approximate surface area is 68.7 Å². The number of thiazole rings is 1. The summed E-state index contributed by atoms with van der Waals surface area (Å²) in [5.74, 6) is -0.736. The number of carbonyl (C=O) groups is 1. The molecule has 1 aromatic heterocycles. The van der Waals surface area contributed by atoms with Crippen molar-refractivity contribution in [2.75, 3.05) is 0 Å². The Kier molecular flexibility index (Phi) is 3.04. The fourth-order valence-electron chi connectivity index (χ4n) is 0.782. The highest BCUT2D eigenvalue weighted by molar-refractivity contribution is 7.07. The zero-order chi connectivity index (χ0) is 8.10. The molecule has 0 aliphatic carbocycles. The van der Waals surface area contributed by atoms with Crippen molar-refractivity contribution in [3.05, 3.63) is 16.6 Å². The molecule has 0 fully saturated rings. The summed E-state index contributed by atoms with van der Waals surface area (Å²) < 4.78 is 0. The summed E-state index contributed by atoms with van der Waals surface area (Å²) in [6.45, 7) is 0. The van der Waals surface area contributed by atoms with Gasteiger partial charge in [-0.1, -0.05) is 0 Å². The van der Waals surface area contributed by atoms with Gasteiger partial charge in [0.15, 0.2) is 0 Å². The van der Waals surface area contributed by atoms with E-state index in [1.807, 2.05) is 5.38 Å². The van der Waals surface area contributed by atoms with E-state index in [-0.39, 0.29) is 6.42 Å². The van der Waals surface area contributed by atoms with Crippen molar-refractivity contribution in [3.63, 3.8) is 0 Å². The molecule has 60 valence electrons. The second-order valence-electron chi connectivity index (χ2n) is 2.23. The van der Waals surface area contributed by atoms with E-state index in [9.17, 15) is 4.79 Å². The number of carboxylic acid groups (broad SMARTS) is 1. The molecule has 3 nitrogen and oxygen atoms in total. The molecule has 0 saturated heterocycles. The third-order valence-corrected chi connectivity index (χ3v) is 1.94. The third kappa shape index (κ3) is 3.13. The minimum absolute atomic E-state index is 0.234. The van der Waals surface area contributed by atoms with Crippen LogP contribution in [0, 0.1) is 0 Å². The predicted octanol–water partition coefficient (Wildman–Crippen LogP) is 1.55. The fraction of sp³-hybridized carbons (Fsp3) is 0.429. The van der Waals surface area contributed by atoms with Crippen LogP contribution in [0.5, 0.6) is 0 Å². The number of carboxylic acids is 1. The van der Waals surface area contributed by atoms with E-state index in [0.29, 0.717) is 6.42 Å². The first-order valence-corrected chi connectivity index (χ1v) is 4.32. The molecule has 1 aromatic rings. The van der Waals surface area contributed by atoms with Crippen LogP contribution >= 0.6 is 11.3 Å². The van der Waals surface area contributed by atoms with Gasteiger partial charge in [0.05, 0.1) is 11.2 Å². The number of hydrogen-bond acceptors (Lipinski definition) is 3. The predicted molar refractivity (Wildman–Crippen MR) is 42.7 cm³/mol. The Morgan fingerprint density at radius 1 is 1.73 bits per heavy atom. The van der Waals surface area contributed by atoms with Gasteiger partial charge in [-0.15, -0.1) is 11.3 Å². The van der Waals surface area contributed by atoms with Crippen LogP contribution in [0.4, 0.5) is 0 Å². The van der Waals surface area contributed by atoms with Gasteiger partial charge in [0.25, 0.3) is 0 Å². The van der Waals surface area contributed by atoms with Crippen LogP contribution in [0.3, 0.4) is 0 Å². The van der Waals surface area contributed by atoms with Gasteiger partial charge in [-0.3, -0.25) is 4.79 Å². The van der Waals surface area contributed by atoms with Gasteiger partial charge >= 0.3 is 5.97 Å². The van der Waals surface area contributed by atoms with Gasteiger partial charge in [0.2, 0.25) is 0 Å². The van der Waals surface area contributed by atoms with Gasteiger partial charge in [-0.2, -0.15) is 0 Å². The summed E-state index contributed by atoms with van der Waals surface area (Å²) in [5, 5.41) is 10.3. The second-order valence-corrected chi connectivity index (χ2v) is 2.95. The van der Waals surface area contributed by atoms with Crippen LogP contribution in [0.1, 0.15) is 18.5 Å². The van der Waals surface area contributed by atoms with Gasteiger partial charge in [-0.25, -0.2) is 4.98 Å². The van der Waals surface area contributed by atoms with Crippen molar-refractivity contribution in [3.8, 4) is 0 Å². The highest BCUT2D eigenvalue weighted by Gasteiger charge is 1.98. The second kappa shape index (κ2) is 4.08. The lowest BCUT2D eigenvalue weighted by molar-refractivity contribution is -0.137. The van der Waals surface area contributed by atoms with Crippen molar-refractivity contribution in [1.82, 2.24) is 4.98 Å². The average molecular weight is 171 g/mol. The number of aliphatic carboxylic acids is 1. The maximum Gasteiger partial charge on any atom is 0.303 e. The quantitative estimate of drug-likeness (QED) is 0.747. The molecule has 0 aromatic carbocycles. The van der Waals surface area contributed by atoms with Crippen molar-refractivity contribution >= 4 is 17.3 Å². The molecule has 1 N–H and O–H groups in total. The van der Waals surface area contributed by atoms with Crippen LogP contribution in [0.15, 0.2) is 10.9 Å². The number of rotatable bonds is 4. The monoisotopic (exact) mass is 171 g/mol. The average Bonchev–Trinajstić information content (AvgIpc) is 2.39. The van der Waals surface area contributed by atoms with E-state index in [2.05, 4.69) is 4.98 Å². The Bertz CT molecular complexity index is 220. The smallest absolute Gasteiger partial charge is 0.303 e. The molecule has 0 bridgehead atoms. The lowest BCUT2D eigenvalue weighted by atomic mass is 10.2. The highest BCUT2D eigenvalue weighted by Crippen LogP contribution is 2.05. The van der Waals surface area contributed by atoms with Gasteiger partial charge in [-0.05, 0) is 12.8 Å². The standard InChI is InChI=1S/C7H9NO2S/c9-7(10)3-1-2-6-4-11-5-8-6/h4-5H,1-3H2,(H,9,10). The zero-order valence-corrected chi connectivity index (χ0v) is 6.80. The topological polar surface area (TPSA) is 50.2 Å². The molecular weight excluding hydrogens is 162 g/mol. The molecule has 11 heavy (non-hydrogen) atoms. The lowest BCUT2D eigenvalue weighted by Gasteiger charge is -1.91. The Hall–Kier alpha value is -0.900. The van der Waals surface area contributed by atoms with Crippen LogP contribution in [-0.2, 0) is 11.2 Å². The minimum Gasteiger partial charge on any atom is -0.481 e. The highest BCUT2D eigenvalue weighted by atomic mass is 32.1. The first-order chi connectivity index (χ1) is 5.29. The van der Waals surface area contributed by atoms with Crippen LogP contribution in [0.2, 0.25) is 0 Å². The van der Waals surface area contributed by atoms with E-state index in [1.165, 1.54) is 11.3 Å². The summed E-state index contributed by atoms with van der Waals surface area (Å²) in [7, 11) is 0. The first kappa shape index (κ1) is 8.20. The van der Waals surface area contributed by atoms with Crippen LogP contribution < -0.4 is 0 Å². The van der Waals surface area contributed by atoms with E-state index in [0.717, 1.165) is 12.1 Å². The molecule has 0 amide bonds. The lowest BCUT2D eigenvalue weighted by Crippen LogP contribution is -1.95. The molecule has 1 rings (SSSR count). The first-order valence-electron chi connectivity index (χ1n) is 3.38. The Morgan fingerprint density at radius 2 is 2.55 bits per heavy atom. The molecule has 0 atom stereocenters. The van der Waals surface area contributed by atoms with E-state index >= 15 is 0 Å². The molecule has 0 unspecified atom stereocenters. The normalized spacial score (nSPS) is 9.82. The third-order valence-electron chi connectivity index (χ3n) is 1.31. The largest absolute Gasteiger partial charge is 0.481 e. The number of aryl methyl sites for hydroxylation is 1. The molecule has 0 spiro atoms. The maximum atomic E-state index is 10.1. The van der Waals surface area contributed by atoms with Crippen LogP contribution in [0.25, 0.3) is 0 Å². The zero-order valence-electron chi connectivity index (χ0n) is 5.99. The molecule has 1 heterocycles. The van der Waals surface area contributed by atoms with Crippen molar-refractivity contribution in [2.24, 2.45) is 0 Å². The summed E-state index contributed by atoms with van der Waals surface area (Å²) >= 11 is 1.54. The van der Waals surface area contributed by atoms with E-state index in [1.54, 1.807) is 5.51 Å². The van der Waals surface area contributed by atoms with Gasteiger partial charge in [0, 0.05) is 11.8 Å². The van der Waals surface area contributed by atoms with Crippen molar-refractivity contribution < 1.29 is 9.90 Å².